The van der Waals surface area contributed by atoms with Crippen LogP contribution in [-0.4, -0.2) is 20.0 Å². The molecule has 0 fully saturated rings. The summed E-state index contributed by atoms with van der Waals surface area (Å²) in [7, 11) is 2.76. The third kappa shape index (κ3) is 3.78. The number of nitrogens with zero attached hydrogens (tertiary/aromatic N) is 3. The summed E-state index contributed by atoms with van der Waals surface area (Å²) in [6, 6.07) is 5.24. The van der Waals surface area contributed by atoms with E-state index in [1.165, 1.54) is 43.1 Å². The van der Waals surface area contributed by atoms with Crippen molar-refractivity contribution in [2.45, 2.75) is 19.1 Å². The number of fused-ring (bicyclic) bond motifs is 1. The fourth-order valence-corrected chi connectivity index (χ4v) is 2.94. The topological polar surface area (TPSA) is 86.0 Å². The van der Waals surface area contributed by atoms with Crippen molar-refractivity contribution >= 4 is 16.9 Å². The van der Waals surface area contributed by atoms with E-state index in [9.17, 15) is 27.6 Å². The summed E-state index contributed by atoms with van der Waals surface area (Å²) < 4.78 is 40.7. The van der Waals surface area contributed by atoms with Crippen LogP contribution in [0.25, 0.3) is 11.0 Å². The van der Waals surface area contributed by atoms with Gasteiger partial charge in [0.1, 0.15) is 5.65 Å². The van der Waals surface area contributed by atoms with Gasteiger partial charge < -0.3 is 5.32 Å². The highest BCUT2D eigenvalue weighted by Gasteiger charge is 2.30. The maximum atomic E-state index is 12.9. The van der Waals surface area contributed by atoms with E-state index in [1.807, 2.05) is 0 Å². The zero-order chi connectivity index (χ0) is 21.5. The lowest BCUT2D eigenvalue weighted by Crippen LogP contribution is -2.37. The van der Waals surface area contributed by atoms with Crippen molar-refractivity contribution in [3.05, 3.63) is 74.1 Å². The molecule has 152 valence electrons. The summed E-state index contributed by atoms with van der Waals surface area (Å²) >= 11 is 0. The highest BCUT2D eigenvalue weighted by atomic mass is 19.4. The van der Waals surface area contributed by atoms with Crippen LogP contribution in [0.15, 0.2) is 46.1 Å². The first kappa shape index (κ1) is 20.3. The van der Waals surface area contributed by atoms with Crippen LogP contribution >= 0.6 is 0 Å². The lowest BCUT2D eigenvalue weighted by Gasteiger charge is -2.16. The molecule has 0 saturated heterocycles. The Morgan fingerprint density at radius 1 is 1.14 bits per heavy atom. The number of carbonyl (C=O) groups excluding carboxylic acids is 1. The molecular weight excluding hydrogens is 389 g/mol. The number of benzene rings is 1. The number of carbonyl (C=O) groups is 1. The first-order chi connectivity index (χ1) is 13.5. The van der Waals surface area contributed by atoms with Gasteiger partial charge in [-0.05, 0) is 30.7 Å². The highest BCUT2D eigenvalue weighted by molar-refractivity contribution is 5.96. The largest absolute Gasteiger partial charge is 0.416 e. The summed E-state index contributed by atoms with van der Waals surface area (Å²) in [6.07, 6.45) is -3.28. The molecule has 0 aliphatic heterocycles. The van der Waals surface area contributed by atoms with Gasteiger partial charge in [0.2, 0.25) is 0 Å². The molecular formula is C19H17F3N4O3. The Kier molecular flexibility index (Phi) is 5.04. The molecule has 2 aromatic heterocycles. The Hall–Kier alpha value is -3.43. The van der Waals surface area contributed by atoms with Gasteiger partial charge >= 0.3 is 11.9 Å². The number of aryl methyl sites for hydroxylation is 1. The number of nitrogens with one attached hydrogen (secondary N) is 1. The van der Waals surface area contributed by atoms with Crippen molar-refractivity contribution in [2.75, 3.05) is 0 Å². The molecule has 0 saturated carbocycles. The molecule has 1 aromatic carbocycles. The third-order valence-electron chi connectivity index (χ3n) is 4.62. The fraction of sp³-hybridized carbons (Fsp3) is 0.263. The summed E-state index contributed by atoms with van der Waals surface area (Å²) in [5.41, 5.74) is -1.51. The van der Waals surface area contributed by atoms with Crippen molar-refractivity contribution in [3.8, 4) is 0 Å². The van der Waals surface area contributed by atoms with Crippen molar-refractivity contribution in [2.24, 2.45) is 14.1 Å². The molecule has 0 spiro atoms. The molecule has 0 bridgehead atoms. The standard InChI is InChI=1S/C19H17F3N4O3/c1-10(11-5-4-6-13(7-11)19(20,21)22)24-16(27)12-8-14-15(23-9-12)25(2)18(29)26(3)17(14)28/h4-10H,1-3H3,(H,24,27)/t10-/m1/s1. The number of hydrogen-bond donors (Lipinski definition) is 1. The average Bonchev–Trinajstić information content (AvgIpc) is 2.69. The number of aromatic nitrogens is 3. The number of alkyl halides is 3. The van der Waals surface area contributed by atoms with Gasteiger partial charge in [-0.25, -0.2) is 9.78 Å². The quantitative estimate of drug-likeness (QED) is 0.722. The SMILES string of the molecule is C[C@@H](NC(=O)c1cnc2c(c1)c(=O)n(C)c(=O)n2C)c1cccc(C(F)(F)F)c1. The summed E-state index contributed by atoms with van der Waals surface area (Å²) in [4.78, 5) is 40.9. The maximum Gasteiger partial charge on any atom is 0.416 e. The molecule has 29 heavy (non-hydrogen) atoms. The first-order valence-corrected chi connectivity index (χ1v) is 8.54. The van der Waals surface area contributed by atoms with Gasteiger partial charge in [0, 0.05) is 20.3 Å². The smallest absolute Gasteiger partial charge is 0.345 e. The van der Waals surface area contributed by atoms with E-state index in [0.29, 0.717) is 0 Å². The second kappa shape index (κ2) is 7.19. The maximum absolute atomic E-state index is 12.9. The van der Waals surface area contributed by atoms with E-state index in [-0.39, 0.29) is 22.2 Å². The minimum absolute atomic E-state index is 0.0482. The van der Waals surface area contributed by atoms with Gasteiger partial charge in [0.15, 0.2) is 0 Å². The molecule has 2 heterocycles. The van der Waals surface area contributed by atoms with E-state index >= 15 is 0 Å². The molecule has 0 radical (unpaired) electrons. The number of pyridine rings is 1. The normalized spacial score (nSPS) is 12.8. The molecule has 0 aliphatic carbocycles. The molecule has 1 atom stereocenters. The van der Waals surface area contributed by atoms with E-state index in [1.54, 1.807) is 6.92 Å². The van der Waals surface area contributed by atoms with Crippen molar-refractivity contribution < 1.29 is 18.0 Å². The minimum Gasteiger partial charge on any atom is -0.345 e. The molecule has 10 heteroatoms. The number of halogens is 3. The first-order valence-electron chi connectivity index (χ1n) is 8.54. The summed E-state index contributed by atoms with van der Waals surface area (Å²) in [6.45, 7) is 1.55. The summed E-state index contributed by atoms with van der Waals surface area (Å²) in [5.74, 6) is -0.611. The van der Waals surface area contributed by atoms with Crippen molar-refractivity contribution in [1.82, 2.24) is 19.4 Å². The van der Waals surface area contributed by atoms with Gasteiger partial charge in [-0.2, -0.15) is 13.2 Å². The van der Waals surface area contributed by atoms with Crippen LogP contribution in [0.1, 0.15) is 34.5 Å². The molecule has 3 rings (SSSR count). The predicted octanol–water partition coefficient (Wildman–Crippen LogP) is 2.14. The second-order valence-electron chi connectivity index (χ2n) is 6.62. The molecule has 0 aliphatic rings. The Bertz CT molecular complexity index is 1230. The lowest BCUT2D eigenvalue weighted by molar-refractivity contribution is -0.137. The van der Waals surface area contributed by atoms with Crippen molar-refractivity contribution in [1.29, 1.82) is 0 Å². The zero-order valence-electron chi connectivity index (χ0n) is 15.7. The van der Waals surface area contributed by atoms with Crippen LogP contribution in [0.5, 0.6) is 0 Å². The average molecular weight is 406 g/mol. The molecule has 0 unspecified atom stereocenters. The van der Waals surface area contributed by atoms with Crippen LogP contribution in [-0.2, 0) is 20.3 Å². The molecule has 1 amide bonds. The Labute approximate surface area is 162 Å². The number of rotatable bonds is 3. The van der Waals surface area contributed by atoms with Crippen LogP contribution in [0.2, 0.25) is 0 Å². The highest BCUT2D eigenvalue weighted by Crippen LogP contribution is 2.30. The molecule has 3 aromatic rings. The van der Waals surface area contributed by atoms with E-state index in [4.69, 9.17) is 0 Å². The van der Waals surface area contributed by atoms with Gasteiger partial charge in [0.25, 0.3) is 11.5 Å². The van der Waals surface area contributed by atoms with E-state index in [0.717, 1.165) is 16.7 Å². The van der Waals surface area contributed by atoms with Gasteiger partial charge in [-0.1, -0.05) is 12.1 Å². The minimum atomic E-state index is -4.49. The van der Waals surface area contributed by atoms with Crippen molar-refractivity contribution in [3.63, 3.8) is 0 Å². The zero-order valence-corrected chi connectivity index (χ0v) is 15.7. The van der Waals surface area contributed by atoms with Crippen LogP contribution < -0.4 is 16.6 Å². The van der Waals surface area contributed by atoms with Gasteiger partial charge in [-0.3, -0.25) is 18.7 Å². The van der Waals surface area contributed by atoms with Crippen LogP contribution in [0, 0.1) is 0 Å². The Morgan fingerprint density at radius 3 is 2.48 bits per heavy atom. The Morgan fingerprint density at radius 2 is 1.83 bits per heavy atom. The second-order valence-corrected chi connectivity index (χ2v) is 6.62. The van der Waals surface area contributed by atoms with Gasteiger partial charge in [0.05, 0.1) is 22.6 Å². The van der Waals surface area contributed by atoms with E-state index < -0.39 is 34.9 Å². The number of hydrogen-bond acceptors (Lipinski definition) is 4. The molecule has 1 N–H and O–H groups in total. The van der Waals surface area contributed by atoms with Gasteiger partial charge in [-0.15, -0.1) is 0 Å². The number of amides is 1. The Balaban J connectivity index is 1.92. The summed E-state index contributed by atoms with van der Waals surface area (Å²) in [5, 5.41) is 2.67. The fourth-order valence-electron chi connectivity index (χ4n) is 2.94. The van der Waals surface area contributed by atoms with Crippen LogP contribution in [0.3, 0.4) is 0 Å². The molecule has 7 nitrogen and oxygen atoms in total. The monoisotopic (exact) mass is 406 g/mol. The third-order valence-corrected chi connectivity index (χ3v) is 4.62. The predicted molar refractivity (Wildman–Crippen MR) is 99.6 cm³/mol. The van der Waals surface area contributed by atoms with Crippen LogP contribution in [0.4, 0.5) is 13.2 Å². The lowest BCUT2D eigenvalue weighted by atomic mass is 10.0. The van der Waals surface area contributed by atoms with E-state index in [2.05, 4.69) is 10.3 Å².